The van der Waals surface area contributed by atoms with Gasteiger partial charge < -0.3 is 20.1 Å². The molecule has 3 rings (SSSR count). The Labute approximate surface area is 154 Å². The van der Waals surface area contributed by atoms with Gasteiger partial charge in [0.15, 0.2) is 5.17 Å². The maximum Gasteiger partial charge on any atom is 0.341 e. The third-order valence-electron chi connectivity index (χ3n) is 4.11. The van der Waals surface area contributed by atoms with Gasteiger partial charge in [0.1, 0.15) is 5.00 Å². The molecule has 2 heterocycles. The molecule has 1 amide bonds. The number of carbonyl (C=O) groups excluding carboxylic acids is 2. The predicted octanol–water partition coefficient (Wildman–Crippen LogP) is 1.56. The predicted molar refractivity (Wildman–Crippen MR) is 98.8 cm³/mol. The summed E-state index contributed by atoms with van der Waals surface area (Å²) in [5.74, 6) is -0.596. The topological polar surface area (TPSA) is 94.2 Å². The van der Waals surface area contributed by atoms with Gasteiger partial charge in [0, 0.05) is 18.0 Å². The number of aryl methyl sites for hydroxylation is 1. The number of amides is 1. The molecule has 0 radical (unpaired) electrons. The lowest BCUT2D eigenvalue weighted by Gasteiger charge is -2.29. The molecule has 1 aliphatic heterocycles. The fourth-order valence-electron chi connectivity index (χ4n) is 2.95. The van der Waals surface area contributed by atoms with Crippen molar-refractivity contribution in [2.45, 2.75) is 19.3 Å². The van der Waals surface area contributed by atoms with Crippen molar-refractivity contribution in [3.05, 3.63) is 16.0 Å². The van der Waals surface area contributed by atoms with Crippen LogP contribution in [0.3, 0.4) is 0 Å². The minimum Gasteiger partial charge on any atom is -0.465 e. The maximum atomic E-state index is 12.3. The van der Waals surface area contributed by atoms with E-state index in [-0.39, 0.29) is 11.7 Å². The summed E-state index contributed by atoms with van der Waals surface area (Å²) in [6, 6.07) is 0. The molecule has 9 heteroatoms. The highest BCUT2D eigenvalue weighted by Crippen LogP contribution is 2.41. The Bertz CT molecular complexity index is 696. The van der Waals surface area contributed by atoms with E-state index in [1.54, 1.807) is 11.3 Å². The molecular weight excluding hydrogens is 362 g/mol. The lowest BCUT2D eigenvalue weighted by Crippen LogP contribution is -2.39. The van der Waals surface area contributed by atoms with Gasteiger partial charge in [-0.1, -0.05) is 11.8 Å². The van der Waals surface area contributed by atoms with Crippen LogP contribution in [0.2, 0.25) is 0 Å². The zero-order chi connectivity index (χ0) is 17.8. The van der Waals surface area contributed by atoms with Gasteiger partial charge in [-0.15, -0.1) is 11.3 Å². The third-order valence-corrected chi connectivity index (χ3v) is 6.34. The second-order valence-electron chi connectivity index (χ2n) is 5.78. The first kappa shape index (κ1) is 18.2. The molecule has 1 saturated heterocycles. The van der Waals surface area contributed by atoms with Gasteiger partial charge in [-0.25, -0.2) is 9.79 Å². The number of morpholine rings is 1. The van der Waals surface area contributed by atoms with Crippen molar-refractivity contribution < 1.29 is 19.1 Å². The zero-order valence-corrected chi connectivity index (χ0v) is 15.7. The van der Waals surface area contributed by atoms with Crippen molar-refractivity contribution in [2.75, 3.05) is 39.2 Å². The number of methoxy groups -OCH3 is 1. The van der Waals surface area contributed by atoms with Crippen molar-refractivity contribution in [1.82, 2.24) is 4.90 Å². The normalized spacial score (nSPS) is 17.5. The van der Waals surface area contributed by atoms with Gasteiger partial charge in [-0.3, -0.25) is 4.79 Å². The number of fused-ring (bicyclic) bond motifs is 1. The van der Waals surface area contributed by atoms with Gasteiger partial charge in [-0.2, -0.15) is 0 Å². The molecule has 2 N–H and O–H groups in total. The summed E-state index contributed by atoms with van der Waals surface area (Å²) < 4.78 is 10.4. The second-order valence-corrected chi connectivity index (χ2v) is 7.80. The highest BCUT2D eigenvalue weighted by molar-refractivity contribution is 8.14. The van der Waals surface area contributed by atoms with E-state index in [0.717, 1.165) is 24.8 Å². The minimum absolute atomic E-state index is 0.148. The van der Waals surface area contributed by atoms with Crippen LogP contribution >= 0.6 is 23.1 Å². The molecule has 136 valence electrons. The highest BCUT2D eigenvalue weighted by atomic mass is 32.2. The number of nitrogens with two attached hydrogens (primary N) is 1. The Morgan fingerprint density at radius 3 is 2.80 bits per heavy atom. The van der Waals surface area contributed by atoms with Crippen LogP contribution in [0.1, 0.15) is 27.2 Å². The van der Waals surface area contributed by atoms with Crippen LogP contribution < -0.4 is 5.73 Å². The first-order chi connectivity index (χ1) is 12.1. The summed E-state index contributed by atoms with van der Waals surface area (Å²) >= 11 is 2.84. The Hall–Kier alpha value is -1.58. The molecule has 0 saturated carbocycles. The van der Waals surface area contributed by atoms with Gasteiger partial charge >= 0.3 is 5.97 Å². The lowest BCUT2D eigenvalue weighted by molar-refractivity contribution is -0.115. The number of hydrogen-bond donors (Lipinski definition) is 1. The van der Waals surface area contributed by atoms with Crippen LogP contribution in [0.25, 0.3) is 0 Å². The molecule has 1 aliphatic carbocycles. The number of aliphatic imine (C=N–C) groups is 1. The van der Waals surface area contributed by atoms with Crippen molar-refractivity contribution in [1.29, 1.82) is 0 Å². The summed E-state index contributed by atoms with van der Waals surface area (Å²) in [4.78, 5) is 31.5. The number of carbonyl (C=O) groups is 2. The van der Waals surface area contributed by atoms with Gasteiger partial charge in [0.25, 0.3) is 0 Å². The molecule has 1 fully saturated rings. The number of ether oxygens (including phenoxy) is 2. The first-order valence-electron chi connectivity index (χ1n) is 8.15. The highest BCUT2D eigenvalue weighted by Gasteiger charge is 2.28. The molecule has 7 nitrogen and oxygen atoms in total. The molecule has 0 atom stereocenters. The van der Waals surface area contributed by atoms with Crippen LogP contribution in [0.5, 0.6) is 0 Å². The van der Waals surface area contributed by atoms with Crippen LogP contribution in [-0.2, 0) is 27.1 Å². The van der Waals surface area contributed by atoms with E-state index in [2.05, 4.69) is 4.90 Å². The Kier molecular flexibility index (Phi) is 5.98. The Morgan fingerprint density at radius 2 is 2.12 bits per heavy atom. The van der Waals surface area contributed by atoms with Crippen LogP contribution in [0, 0.1) is 0 Å². The molecule has 1 aromatic rings. The van der Waals surface area contributed by atoms with E-state index in [0.29, 0.717) is 42.0 Å². The molecule has 2 aliphatic rings. The number of hydrogen-bond acceptors (Lipinski definition) is 7. The van der Waals surface area contributed by atoms with E-state index >= 15 is 0 Å². The number of thiophene rings is 1. The molecule has 0 aromatic carbocycles. The van der Waals surface area contributed by atoms with Gasteiger partial charge in [-0.05, 0) is 24.8 Å². The molecular formula is C16H21N3O4S2. The molecule has 0 spiro atoms. The average Bonchev–Trinajstić information content (AvgIpc) is 3.19. The SMILES string of the molecule is COC(=O)c1c(/N=C(/SCC(N)=O)N2CCOCC2)sc2c1CCC2. The summed E-state index contributed by atoms with van der Waals surface area (Å²) in [6.07, 6.45) is 2.91. The monoisotopic (exact) mass is 383 g/mol. The Morgan fingerprint density at radius 1 is 1.36 bits per heavy atom. The van der Waals surface area contributed by atoms with Crippen LogP contribution in [-0.4, -0.2) is 61.1 Å². The number of esters is 1. The third kappa shape index (κ3) is 4.16. The fourth-order valence-corrected chi connectivity index (χ4v) is 5.05. The standard InChI is InChI=1S/C16H21N3O4S2/c1-22-15(21)13-10-3-2-4-11(10)25-14(13)18-16(24-9-12(17)20)19-5-7-23-8-6-19/h2-9H2,1H3,(H2,17,20)/b18-16+. The molecule has 0 bridgehead atoms. The quantitative estimate of drug-likeness (QED) is 0.482. The number of amidine groups is 1. The molecule has 25 heavy (non-hydrogen) atoms. The number of primary amides is 1. The summed E-state index contributed by atoms with van der Waals surface area (Å²) in [6.45, 7) is 2.62. The van der Waals surface area contributed by atoms with Crippen molar-refractivity contribution in [3.63, 3.8) is 0 Å². The van der Waals surface area contributed by atoms with Crippen LogP contribution in [0.15, 0.2) is 4.99 Å². The number of rotatable bonds is 4. The van der Waals surface area contributed by atoms with E-state index in [9.17, 15) is 9.59 Å². The van der Waals surface area contributed by atoms with Crippen molar-refractivity contribution >= 4 is 45.1 Å². The Balaban J connectivity index is 1.95. The van der Waals surface area contributed by atoms with E-state index in [1.807, 2.05) is 0 Å². The maximum absolute atomic E-state index is 12.3. The number of thioether (sulfide) groups is 1. The lowest BCUT2D eigenvalue weighted by atomic mass is 10.1. The van der Waals surface area contributed by atoms with E-state index < -0.39 is 5.91 Å². The van der Waals surface area contributed by atoms with Crippen molar-refractivity contribution in [3.8, 4) is 0 Å². The number of nitrogens with zero attached hydrogens (tertiary/aromatic N) is 2. The minimum atomic E-state index is -0.396. The average molecular weight is 383 g/mol. The molecule has 0 unspecified atom stereocenters. The van der Waals surface area contributed by atoms with E-state index in [1.165, 1.54) is 23.7 Å². The van der Waals surface area contributed by atoms with Crippen LogP contribution in [0.4, 0.5) is 5.00 Å². The van der Waals surface area contributed by atoms with E-state index in [4.69, 9.17) is 20.2 Å². The summed E-state index contributed by atoms with van der Waals surface area (Å²) in [5, 5.41) is 1.36. The first-order valence-corrected chi connectivity index (χ1v) is 9.95. The smallest absolute Gasteiger partial charge is 0.341 e. The van der Waals surface area contributed by atoms with Gasteiger partial charge in [0.2, 0.25) is 5.91 Å². The second kappa shape index (κ2) is 8.20. The van der Waals surface area contributed by atoms with Gasteiger partial charge in [0.05, 0.1) is 31.6 Å². The largest absolute Gasteiger partial charge is 0.465 e. The summed E-state index contributed by atoms with van der Waals surface area (Å²) in [7, 11) is 1.39. The zero-order valence-electron chi connectivity index (χ0n) is 14.1. The summed E-state index contributed by atoms with van der Waals surface area (Å²) in [5.41, 5.74) is 6.93. The fraction of sp³-hybridized carbons (Fsp3) is 0.562. The molecule has 1 aromatic heterocycles. The van der Waals surface area contributed by atoms with Crippen molar-refractivity contribution in [2.24, 2.45) is 10.7 Å².